The van der Waals surface area contributed by atoms with Crippen LogP contribution in [0, 0.1) is 26.0 Å². The molecule has 0 saturated heterocycles. The van der Waals surface area contributed by atoms with Crippen LogP contribution in [-0.4, -0.2) is 20.0 Å². The van der Waals surface area contributed by atoms with E-state index in [1.54, 1.807) is 0 Å². The molecule has 0 unspecified atom stereocenters. The van der Waals surface area contributed by atoms with Crippen molar-refractivity contribution in [3.8, 4) is 0 Å². The maximum Gasteiger partial charge on any atom is 0.427 e. The van der Waals surface area contributed by atoms with E-state index in [2.05, 4.69) is 5.10 Å². The Kier molecular flexibility index (Phi) is 3.51. The van der Waals surface area contributed by atoms with Crippen LogP contribution in [0.2, 0.25) is 0 Å². The van der Waals surface area contributed by atoms with Gasteiger partial charge < -0.3 is 20.2 Å². The average Bonchev–Trinajstić information content (AvgIpc) is 2.82. The first kappa shape index (κ1) is 13.3. The second-order valence-corrected chi connectivity index (χ2v) is 3.71. The second-order valence-electron chi connectivity index (χ2n) is 3.71. The van der Waals surface area contributed by atoms with Crippen molar-refractivity contribution >= 4 is 23.8 Å². The summed E-state index contributed by atoms with van der Waals surface area (Å²) in [6, 6.07) is 5.28. The van der Waals surface area contributed by atoms with E-state index in [1.165, 1.54) is 36.4 Å². The lowest BCUT2D eigenvalue weighted by Crippen LogP contribution is -1.92. The highest BCUT2D eigenvalue weighted by Crippen LogP contribution is 2.27. The van der Waals surface area contributed by atoms with Crippen LogP contribution in [0.25, 0.3) is 12.2 Å². The molecule has 0 atom stereocenters. The lowest BCUT2D eigenvalue weighted by molar-refractivity contribution is -0.394. The smallest absolute Gasteiger partial charge is 0.358 e. The molecular weight excluding hydrogens is 271 g/mol. The Bertz CT molecular complexity index is 661. The number of nitrogens with zero attached hydrogens (tertiary/aromatic N) is 3. The fourth-order valence-corrected chi connectivity index (χ4v) is 1.52. The number of rotatable bonds is 4. The number of benzene rings is 1. The maximum atomic E-state index is 12.7. The number of nitrogens with one attached hydrogen (secondary N) is 1. The van der Waals surface area contributed by atoms with Gasteiger partial charge in [-0.05, 0) is 38.7 Å². The lowest BCUT2D eigenvalue weighted by atomic mass is 10.1. The summed E-state index contributed by atoms with van der Waals surface area (Å²) in [5.41, 5.74) is 0.292. The predicted molar refractivity (Wildman–Crippen MR) is 67.2 cm³/mol. The summed E-state index contributed by atoms with van der Waals surface area (Å²) in [5.74, 6) is -1.65. The van der Waals surface area contributed by atoms with Gasteiger partial charge in [0, 0.05) is 0 Å². The van der Waals surface area contributed by atoms with Crippen molar-refractivity contribution < 1.29 is 14.2 Å². The normalized spacial score (nSPS) is 10.8. The minimum absolute atomic E-state index is 0.246. The molecular formula is C11H7FN4O4. The van der Waals surface area contributed by atoms with Crippen LogP contribution >= 0.6 is 0 Å². The standard InChI is InChI=1S/C11H7FN4O4/c12-8-4-1-7(2-5-8)3-6-9-10(15(17)18)13-14-11(9)16(19)20/h1-6H,(H,13,14)/b6-3+. The molecule has 2 aromatic rings. The van der Waals surface area contributed by atoms with E-state index in [0.29, 0.717) is 5.56 Å². The molecule has 0 aliphatic carbocycles. The van der Waals surface area contributed by atoms with E-state index in [9.17, 15) is 24.6 Å². The van der Waals surface area contributed by atoms with Crippen molar-refractivity contribution in [2.45, 2.75) is 0 Å². The fraction of sp³-hybridized carbons (Fsp3) is 0. The molecule has 0 saturated carbocycles. The van der Waals surface area contributed by atoms with Crippen molar-refractivity contribution in [3.05, 3.63) is 61.4 Å². The van der Waals surface area contributed by atoms with Crippen molar-refractivity contribution in [2.24, 2.45) is 0 Å². The molecule has 8 nitrogen and oxygen atoms in total. The van der Waals surface area contributed by atoms with Gasteiger partial charge in [-0.15, -0.1) is 0 Å². The van der Waals surface area contributed by atoms with E-state index in [1.807, 2.05) is 5.10 Å². The van der Waals surface area contributed by atoms with Gasteiger partial charge in [0.2, 0.25) is 0 Å². The molecule has 20 heavy (non-hydrogen) atoms. The highest BCUT2D eigenvalue weighted by atomic mass is 19.1. The molecule has 0 spiro atoms. The van der Waals surface area contributed by atoms with Gasteiger partial charge >= 0.3 is 11.6 Å². The molecule has 1 aromatic heterocycles. The predicted octanol–water partition coefficient (Wildman–Crippen LogP) is 2.54. The van der Waals surface area contributed by atoms with Crippen LogP contribution in [-0.2, 0) is 0 Å². The van der Waals surface area contributed by atoms with Gasteiger partial charge in [0.05, 0.1) is 0 Å². The first-order chi connectivity index (χ1) is 9.49. The molecule has 0 amide bonds. The first-order valence-corrected chi connectivity index (χ1v) is 5.30. The van der Waals surface area contributed by atoms with E-state index in [-0.39, 0.29) is 5.56 Å². The summed E-state index contributed by atoms with van der Waals surface area (Å²) in [4.78, 5) is 19.8. The van der Waals surface area contributed by atoms with Crippen LogP contribution in [0.3, 0.4) is 0 Å². The Morgan fingerprint density at radius 1 is 1.10 bits per heavy atom. The van der Waals surface area contributed by atoms with Crippen LogP contribution in [0.15, 0.2) is 24.3 Å². The Hall–Kier alpha value is -3.10. The number of hydrogen-bond acceptors (Lipinski definition) is 5. The summed E-state index contributed by atoms with van der Waals surface area (Å²) in [6.45, 7) is 0. The van der Waals surface area contributed by atoms with Gasteiger partial charge in [0.1, 0.15) is 10.9 Å². The Morgan fingerprint density at radius 3 is 2.30 bits per heavy atom. The van der Waals surface area contributed by atoms with E-state index < -0.39 is 27.3 Å². The van der Waals surface area contributed by atoms with E-state index in [0.717, 1.165) is 0 Å². The van der Waals surface area contributed by atoms with Crippen LogP contribution in [0.5, 0.6) is 0 Å². The summed E-state index contributed by atoms with van der Waals surface area (Å²) in [7, 11) is 0. The van der Waals surface area contributed by atoms with Crippen molar-refractivity contribution in [1.82, 2.24) is 10.2 Å². The molecule has 0 fully saturated rings. The molecule has 0 aliphatic rings. The number of halogens is 1. The van der Waals surface area contributed by atoms with Gasteiger partial charge in [0.15, 0.2) is 5.56 Å². The molecule has 1 aromatic carbocycles. The van der Waals surface area contributed by atoms with Crippen LogP contribution in [0.1, 0.15) is 11.1 Å². The molecule has 2 rings (SSSR count). The highest BCUT2D eigenvalue weighted by Gasteiger charge is 2.29. The zero-order valence-electron chi connectivity index (χ0n) is 9.82. The topological polar surface area (TPSA) is 115 Å². The first-order valence-electron chi connectivity index (χ1n) is 5.30. The minimum Gasteiger partial charge on any atom is -0.358 e. The molecule has 1 N–H and O–H groups in total. The Balaban J connectivity index is 2.41. The third kappa shape index (κ3) is 2.66. The SMILES string of the molecule is O=[N+]([O-])c1n[nH]c([N+](=O)[O-])c1/C=C/c1ccc(F)cc1. The molecule has 1 heterocycles. The van der Waals surface area contributed by atoms with Gasteiger partial charge in [-0.2, -0.15) is 0 Å². The summed E-state index contributed by atoms with van der Waals surface area (Å²) in [5, 5.41) is 26.8. The van der Waals surface area contributed by atoms with Crippen LogP contribution < -0.4 is 0 Å². The third-order valence-electron chi connectivity index (χ3n) is 2.43. The molecule has 0 radical (unpaired) electrons. The van der Waals surface area contributed by atoms with Gasteiger partial charge in [-0.1, -0.05) is 18.2 Å². The quantitative estimate of drug-likeness (QED) is 0.681. The number of aromatic nitrogens is 2. The Morgan fingerprint density at radius 2 is 1.75 bits per heavy atom. The molecule has 0 aliphatic heterocycles. The molecule has 9 heteroatoms. The highest BCUT2D eigenvalue weighted by molar-refractivity contribution is 5.77. The number of nitro groups is 2. The lowest BCUT2D eigenvalue weighted by Gasteiger charge is -1.94. The van der Waals surface area contributed by atoms with Gasteiger partial charge in [-0.3, -0.25) is 0 Å². The van der Waals surface area contributed by atoms with E-state index in [4.69, 9.17) is 0 Å². The van der Waals surface area contributed by atoms with Crippen molar-refractivity contribution in [1.29, 1.82) is 0 Å². The monoisotopic (exact) mass is 278 g/mol. The zero-order chi connectivity index (χ0) is 14.7. The molecule has 102 valence electrons. The van der Waals surface area contributed by atoms with Crippen LogP contribution in [0.4, 0.5) is 16.0 Å². The van der Waals surface area contributed by atoms with Gasteiger partial charge in [-0.25, -0.2) is 4.39 Å². The Labute approximate surface area is 110 Å². The summed E-state index contributed by atoms with van der Waals surface area (Å²) >= 11 is 0. The minimum atomic E-state index is -0.826. The number of aromatic amines is 1. The van der Waals surface area contributed by atoms with Crippen molar-refractivity contribution in [2.75, 3.05) is 0 Å². The van der Waals surface area contributed by atoms with Crippen molar-refractivity contribution in [3.63, 3.8) is 0 Å². The number of H-pyrrole nitrogens is 1. The molecule has 0 bridgehead atoms. The number of hydrogen-bond donors (Lipinski definition) is 1. The zero-order valence-corrected chi connectivity index (χ0v) is 9.82. The fourth-order valence-electron chi connectivity index (χ4n) is 1.52. The van der Waals surface area contributed by atoms with E-state index >= 15 is 0 Å². The van der Waals surface area contributed by atoms with Gasteiger partial charge in [0.25, 0.3) is 0 Å². The average molecular weight is 278 g/mol. The largest absolute Gasteiger partial charge is 0.427 e. The third-order valence-corrected chi connectivity index (χ3v) is 2.43. The second kappa shape index (κ2) is 5.26. The summed E-state index contributed by atoms with van der Waals surface area (Å²) in [6.07, 6.45) is 2.58. The summed E-state index contributed by atoms with van der Waals surface area (Å²) < 4.78 is 12.7. The maximum absolute atomic E-state index is 12.7.